The van der Waals surface area contributed by atoms with Crippen LogP contribution in [0.2, 0.25) is 0 Å². The largest absolute Gasteiger partial charge is 0.317 e. The smallest absolute Gasteiger partial charge is 0.247 e. The van der Waals surface area contributed by atoms with E-state index in [9.17, 15) is 13.2 Å². The van der Waals surface area contributed by atoms with Gasteiger partial charge in [-0.05, 0) is 45.0 Å². The minimum Gasteiger partial charge on any atom is -0.317 e. The SMILES string of the molecule is Cc1ccc(-c2csc(NC(=O)C3(S(C)(=O)=O)CCNCC3)n2)s1. The number of rotatable bonds is 4. The number of hydrogen-bond donors (Lipinski definition) is 2. The van der Waals surface area contributed by atoms with Gasteiger partial charge in [0.2, 0.25) is 5.91 Å². The fourth-order valence-corrected chi connectivity index (χ4v) is 5.77. The zero-order chi connectivity index (χ0) is 17.4. The van der Waals surface area contributed by atoms with Crippen molar-refractivity contribution >= 4 is 43.5 Å². The Morgan fingerprint density at radius 2 is 2.04 bits per heavy atom. The summed E-state index contributed by atoms with van der Waals surface area (Å²) in [5.74, 6) is -0.477. The molecule has 0 aliphatic carbocycles. The van der Waals surface area contributed by atoms with Gasteiger partial charge in [0.25, 0.3) is 0 Å². The summed E-state index contributed by atoms with van der Waals surface area (Å²) in [5, 5.41) is 8.13. The molecule has 2 aromatic rings. The summed E-state index contributed by atoms with van der Waals surface area (Å²) in [7, 11) is -3.52. The van der Waals surface area contributed by atoms with Crippen LogP contribution in [0.4, 0.5) is 5.13 Å². The molecule has 0 unspecified atom stereocenters. The van der Waals surface area contributed by atoms with Crippen LogP contribution >= 0.6 is 22.7 Å². The summed E-state index contributed by atoms with van der Waals surface area (Å²) in [6.45, 7) is 3.05. The van der Waals surface area contributed by atoms with Gasteiger partial charge in [0.1, 0.15) is 0 Å². The van der Waals surface area contributed by atoms with Crippen LogP contribution in [0.3, 0.4) is 0 Å². The molecular weight excluding hydrogens is 366 g/mol. The minimum absolute atomic E-state index is 0.278. The van der Waals surface area contributed by atoms with E-state index in [0.29, 0.717) is 18.2 Å². The average Bonchev–Trinajstić information content (AvgIpc) is 3.15. The van der Waals surface area contributed by atoms with Gasteiger partial charge >= 0.3 is 0 Å². The number of anilines is 1. The highest BCUT2D eigenvalue weighted by Crippen LogP contribution is 2.33. The van der Waals surface area contributed by atoms with Crippen LogP contribution in [0.25, 0.3) is 10.6 Å². The highest BCUT2D eigenvalue weighted by atomic mass is 32.2. The van der Waals surface area contributed by atoms with Crippen LogP contribution in [0.5, 0.6) is 0 Å². The van der Waals surface area contributed by atoms with Gasteiger partial charge in [-0.3, -0.25) is 4.79 Å². The molecule has 3 rings (SSSR count). The lowest BCUT2D eigenvalue weighted by molar-refractivity contribution is -0.119. The predicted molar refractivity (Wildman–Crippen MR) is 98.5 cm³/mol. The number of carbonyl (C=O) groups excluding carboxylic acids is 1. The van der Waals surface area contributed by atoms with E-state index in [1.165, 1.54) is 16.2 Å². The number of nitrogens with one attached hydrogen (secondary N) is 2. The van der Waals surface area contributed by atoms with E-state index < -0.39 is 20.5 Å². The molecular formula is C15H19N3O3S3. The van der Waals surface area contributed by atoms with E-state index in [0.717, 1.165) is 16.8 Å². The fraction of sp³-hybridized carbons (Fsp3) is 0.467. The molecule has 3 heterocycles. The topological polar surface area (TPSA) is 88.2 Å². The molecule has 0 radical (unpaired) electrons. The number of hydrogen-bond acceptors (Lipinski definition) is 7. The number of piperidine rings is 1. The zero-order valence-corrected chi connectivity index (χ0v) is 15.9. The van der Waals surface area contributed by atoms with Gasteiger partial charge in [-0.15, -0.1) is 22.7 Å². The second-order valence-corrected chi connectivity index (χ2v) is 10.4. The van der Waals surface area contributed by atoms with E-state index in [1.807, 2.05) is 24.4 Å². The number of nitrogens with zero attached hydrogens (tertiary/aromatic N) is 1. The highest BCUT2D eigenvalue weighted by molar-refractivity contribution is 7.92. The molecule has 0 aromatic carbocycles. The van der Waals surface area contributed by atoms with Crippen LogP contribution < -0.4 is 10.6 Å². The van der Waals surface area contributed by atoms with Gasteiger partial charge < -0.3 is 10.6 Å². The highest BCUT2D eigenvalue weighted by Gasteiger charge is 2.48. The fourth-order valence-electron chi connectivity index (χ4n) is 2.82. The van der Waals surface area contributed by atoms with Crippen LogP contribution in [-0.4, -0.2) is 43.4 Å². The van der Waals surface area contributed by atoms with Gasteiger partial charge in [-0.2, -0.15) is 0 Å². The number of thiazole rings is 1. The molecule has 1 aliphatic rings. The third-order valence-electron chi connectivity index (χ3n) is 4.25. The quantitative estimate of drug-likeness (QED) is 0.843. The van der Waals surface area contributed by atoms with E-state index in [1.54, 1.807) is 11.3 Å². The van der Waals surface area contributed by atoms with Crippen LogP contribution in [0, 0.1) is 6.92 Å². The van der Waals surface area contributed by atoms with Gasteiger partial charge in [-0.1, -0.05) is 0 Å². The van der Waals surface area contributed by atoms with Gasteiger partial charge in [-0.25, -0.2) is 13.4 Å². The number of thiophene rings is 1. The molecule has 9 heteroatoms. The van der Waals surface area contributed by atoms with Crippen molar-refractivity contribution in [3.8, 4) is 10.6 Å². The molecule has 130 valence electrons. The lowest BCUT2D eigenvalue weighted by atomic mass is 9.96. The molecule has 1 aliphatic heterocycles. The van der Waals surface area contributed by atoms with Crippen molar-refractivity contribution in [1.29, 1.82) is 0 Å². The maximum Gasteiger partial charge on any atom is 0.247 e. The Bertz CT molecular complexity index is 848. The van der Waals surface area contributed by atoms with Crippen molar-refractivity contribution in [2.75, 3.05) is 24.7 Å². The summed E-state index contributed by atoms with van der Waals surface area (Å²) in [6, 6.07) is 4.01. The van der Waals surface area contributed by atoms with Crippen molar-refractivity contribution in [1.82, 2.24) is 10.3 Å². The predicted octanol–water partition coefficient (Wildman–Crippen LogP) is 2.29. The monoisotopic (exact) mass is 385 g/mol. The zero-order valence-electron chi connectivity index (χ0n) is 13.5. The molecule has 0 atom stereocenters. The molecule has 1 fully saturated rings. The van der Waals surface area contributed by atoms with Crippen LogP contribution in [0.15, 0.2) is 17.5 Å². The first kappa shape index (κ1) is 17.5. The van der Waals surface area contributed by atoms with Gasteiger partial charge in [0, 0.05) is 16.5 Å². The molecule has 0 spiro atoms. The Morgan fingerprint density at radius 3 is 2.62 bits per heavy atom. The molecule has 2 aromatic heterocycles. The van der Waals surface area contributed by atoms with Crippen LogP contribution in [-0.2, 0) is 14.6 Å². The van der Waals surface area contributed by atoms with E-state index in [-0.39, 0.29) is 12.8 Å². The second kappa shape index (κ2) is 6.55. The Hall–Kier alpha value is -1.29. The van der Waals surface area contributed by atoms with Crippen molar-refractivity contribution in [2.24, 2.45) is 0 Å². The molecule has 0 bridgehead atoms. The first-order valence-electron chi connectivity index (χ1n) is 7.56. The lowest BCUT2D eigenvalue weighted by Gasteiger charge is -2.33. The average molecular weight is 386 g/mol. The van der Waals surface area contributed by atoms with Crippen LogP contribution in [0.1, 0.15) is 17.7 Å². The van der Waals surface area contributed by atoms with Crippen molar-refractivity contribution in [3.05, 3.63) is 22.4 Å². The summed E-state index contributed by atoms with van der Waals surface area (Å²) in [4.78, 5) is 19.4. The summed E-state index contributed by atoms with van der Waals surface area (Å²) < 4.78 is 23.2. The Kier molecular flexibility index (Phi) is 4.78. The summed E-state index contributed by atoms with van der Waals surface area (Å²) in [6.07, 6.45) is 1.69. The Balaban J connectivity index is 1.82. The van der Waals surface area contributed by atoms with E-state index >= 15 is 0 Å². The molecule has 24 heavy (non-hydrogen) atoms. The molecule has 1 amide bonds. The van der Waals surface area contributed by atoms with E-state index in [2.05, 4.69) is 15.6 Å². The van der Waals surface area contributed by atoms with Crippen molar-refractivity contribution in [2.45, 2.75) is 24.5 Å². The first-order chi connectivity index (χ1) is 11.3. The number of carbonyl (C=O) groups is 1. The van der Waals surface area contributed by atoms with Gasteiger partial charge in [0.15, 0.2) is 19.7 Å². The first-order valence-corrected chi connectivity index (χ1v) is 11.1. The normalized spacial score (nSPS) is 17.6. The second-order valence-electron chi connectivity index (χ2n) is 5.92. The third kappa shape index (κ3) is 3.26. The number of aryl methyl sites for hydroxylation is 1. The van der Waals surface area contributed by atoms with Crippen molar-refractivity contribution in [3.63, 3.8) is 0 Å². The third-order valence-corrected chi connectivity index (χ3v) is 8.05. The number of amides is 1. The minimum atomic E-state index is -3.52. The standard InChI is InChI=1S/C15H19N3O3S3/c1-10-3-4-12(23-10)11-9-22-14(17-11)18-13(19)15(24(2,20)21)5-7-16-8-6-15/h3-4,9,16H,5-8H2,1-2H3,(H,17,18,19). The maximum atomic E-state index is 12.7. The Morgan fingerprint density at radius 1 is 1.33 bits per heavy atom. The molecule has 0 saturated carbocycles. The number of aromatic nitrogens is 1. The summed E-state index contributed by atoms with van der Waals surface area (Å²) >= 11 is 2.94. The molecule has 6 nitrogen and oxygen atoms in total. The number of sulfone groups is 1. The van der Waals surface area contributed by atoms with Crippen molar-refractivity contribution < 1.29 is 13.2 Å². The molecule has 2 N–H and O–H groups in total. The van der Waals surface area contributed by atoms with E-state index in [4.69, 9.17) is 0 Å². The lowest BCUT2D eigenvalue weighted by Crippen LogP contribution is -2.55. The summed E-state index contributed by atoms with van der Waals surface area (Å²) in [5.41, 5.74) is 0.798. The van der Waals surface area contributed by atoms with Gasteiger partial charge in [0.05, 0.1) is 10.6 Å². The maximum absolute atomic E-state index is 12.7. The Labute approximate surface area is 149 Å². The molecule has 1 saturated heterocycles.